The summed E-state index contributed by atoms with van der Waals surface area (Å²) in [5.41, 5.74) is 13.3. The minimum atomic E-state index is -0.577. The number of para-hydroxylation sites is 2. The van der Waals surface area contributed by atoms with Crippen LogP contribution in [-0.2, 0) is 5.41 Å². The van der Waals surface area contributed by atoms with E-state index in [-0.39, 0.29) is 0 Å². The fraction of sp³-hybridized carbons (Fsp3) is 0.0385. The Hall–Kier alpha value is -7.50. The highest BCUT2D eigenvalue weighted by atomic mass is 16.5. The van der Waals surface area contributed by atoms with E-state index in [1.54, 1.807) is 0 Å². The van der Waals surface area contributed by atoms with Crippen LogP contribution in [-0.4, -0.2) is 11.7 Å². The Morgan fingerprint density at radius 3 is 1.72 bits per heavy atom. The van der Waals surface area contributed by atoms with Gasteiger partial charge in [0.1, 0.15) is 34.3 Å². The minimum absolute atomic E-state index is 0.518. The number of rotatable bonds is 4. The molecule has 0 bridgehead atoms. The van der Waals surface area contributed by atoms with E-state index in [1.165, 1.54) is 16.7 Å². The first kappa shape index (κ1) is 31.8. The molecular formula is C52H33N3O2. The summed E-state index contributed by atoms with van der Waals surface area (Å²) in [6.07, 6.45) is -0.518. The Bertz CT molecular complexity index is 3080. The molecule has 2 aliphatic heterocycles. The van der Waals surface area contributed by atoms with Crippen molar-refractivity contribution in [3.05, 3.63) is 227 Å². The van der Waals surface area contributed by atoms with Crippen molar-refractivity contribution in [3.63, 3.8) is 0 Å². The lowest BCUT2D eigenvalue weighted by molar-refractivity contribution is 0.436. The molecule has 1 unspecified atom stereocenters. The molecule has 8 aromatic carbocycles. The van der Waals surface area contributed by atoms with Crippen molar-refractivity contribution in [3.8, 4) is 33.8 Å². The predicted octanol–water partition coefficient (Wildman–Crippen LogP) is 12.2. The fourth-order valence-corrected chi connectivity index (χ4v) is 9.39. The maximum atomic E-state index is 7.03. The molecule has 5 nitrogen and oxygen atoms in total. The third-order valence-corrected chi connectivity index (χ3v) is 11.8. The number of nitrogens with one attached hydrogen (secondary N) is 1. The standard InChI is InChI=1S/C52H33N3O2/c1-3-14-32(15-4-1)33-26-28-35(29-27-33)50-53-49(34-16-5-2-6-17-34)54-51(55-50)38-19-13-25-45-46(38)37-30-31-42-47(48(37)57-45)36-18-7-8-20-39(36)52(42)40-21-9-11-23-43(40)56-44-24-12-10-22-41(44)52/h1-31,51H,(H,53,54,55). The Balaban J connectivity index is 1.07. The van der Waals surface area contributed by atoms with Gasteiger partial charge in [-0.25, -0.2) is 9.98 Å². The van der Waals surface area contributed by atoms with Crippen molar-refractivity contribution in [2.75, 3.05) is 0 Å². The van der Waals surface area contributed by atoms with E-state index in [4.69, 9.17) is 19.1 Å². The lowest BCUT2D eigenvalue weighted by Gasteiger charge is -2.39. The van der Waals surface area contributed by atoms with Gasteiger partial charge in [-0.1, -0.05) is 170 Å². The van der Waals surface area contributed by atoms with Gasteiger partial charge in [0.2, 0.25) is 0 Å². The highest BCUT2D eigenvalue weighted by molar-refractivity contribution is 6.17. The van der Waals surface area contributed by atoms with Crippen molar-refractivity contribution in [2.45, 2.75) is 11.6 Å². The van der Waals surface area contributed by atoms with E-state index < -0.39 is 11.6 Å². The maximum Gasteiger partial charge on any atom is 0.170 e. The monoisotopic (exact) mass is 731 g/mol. The predicted molar refractivity (Wildman–Crippen MR) is 228 cm³/mol. The van der Waals surface area contributed by atoms with Crippen molar-refractivity contribution in [2.24, 2.45) is 9.98 Å². The summed E-state index contributed by atoms with van der Waals surface area (Å²) in [6, 6.07) is 65.8. The van der Waals surface area contributed by atoms with E-state index in [2.05, 4.69) is 157 Å². The summed E-state index contributed by atoms with van der Waals surface area (Å²) in [4.78, 5) is 10.6. The molecule has 0 amide bonds. The molecule has 0 radical (unpaired) electrons. The van der Waals surface area contributed by atoms with Gasteiger partial charge >= 0.3 is 0 Å². The zero-order chi connectivity index (χ0) is 37.5. The molecule has 0 saturated carbocycles. The fourth-order valence-electron chi connectivity index (χ4n) is 9.39. The topological polar surface area (TPSA) is 59.1 Å². The van der Waals surface area contributed by atoms with Crippen LogP contribution < -0.4 is 10.1 Å². The van der Waals surface area contributed by atoms with E-state index in [9.17, 15) is 0 Å². The first-order valence-electron chi connectivity index (χ1n) is 19.3. The number of fused-ring (bicyclic) bond motifs is 13. The number of aliphatic imine (C=N–C) groups is 2. The maximum absolute atomic E-state index is 7.03. The van der Waals surface area contributed by atoms with Crippen LogP contribution in [0.25, 0.3) is 44.2 Å². The molecule has 12 rings (SSSR count). The van der Waals surface area contributed by atoms with Gasteiger partial charge in [-0.15, -0.1) is 0 Å². The Morgan fingerprint density at radius 2 is 1.02 bits per heavy atom. The number of hydrogen-bond acceptors (Lipinski definition) is 5. The summed E-state index contributed by atoms with van der Waals surface area (Å²) < 4.78 is 13.6. The molecule has 1 spiro atoms. The van der Waals surface area contributed by atoms with Crippen molar-refractivity contribution in [1.29, 1.82) is 0 Å². The smallest absolute Gasteiger partial charge is 0.170 e. The zero-order valence-electron chi connectivity index (χ0n) is 30.7. The number of benzene rings is 8. The molecule has 5 heteroatoms. The SMILES string of the molecule is c1ccc(C2=NC(c3cccc4oc5c6c(ccc5c34)C3(c4ccccc4Oc4ccccc43)c3ccccc3-6)N=C(c3ccc(-c4ccccc4)cc3)N2)cc1. The quantitative estimate of drug-likeness (QED) is 0.196. The van der Waals surface area contributed by atoms with Gasteiger partial charge in [0.15, 0.2) is 6.17 Å². The molecule has 1 aromatic heterocycles. The number of furan rings is 1. The normalized spacial score (nSPS) is 15.8. The molecule has 0 fully saturated rings. The largest absolute Gasteiger partial charge is 0.457 e. The van der Waals surface area contributed by atoms with Crippen LogP contribution in [0, 0.1) is 0 Å². The summed E-state index contributed by atoms with van der Waals surface area (Å²) in [5.74, 6) is 3.28. The van der Waals surface area contributed by atoms with Gasteiger partial charge < -0.3 is 14.5 Å². The first-order valence-corrected chi connectivity index (χ1v) is 19.3. The minimum Gasteiger partial charge on any atom is -0.457 e. The summed E-state index contributed by atoms with van der Waals surface area (Å²) >= 11 is 0. The Labute approximate surface area is 329 Å². The van der Waals surface area contributed by atoms with Gasteiger partial charge in [0, 0.05) is 44.2 Å². The van der Waals surface area contributed by atoms with Crippen molar-refractivity contribution >= 4 is 33.6 Å². The summed E-state index contributed by atoms with van der Waals surface area (Å²) in [6.45, 7) is 0. The second-order valence-corrected chi connectivity index (χ2v) is 14.8. The molecule has 57 heavy (non-hydrogen) atoms. The van der Waals surface area contributed by atoms with Crippen molar-refractivity contribution in [1.82, 2.24) is 5.32 Å². The van der Waals surface area contributed by atoms with Crippen LogP contribution in [0.4, 0.5) is 0 Å². The summed E-state index contributed by atoms with van der Waals surface area (Å²) in [5, 5.41) is 5.65. The lowest BCUT2D eigenvalue weighted by Crippen LogP contribution is -2.36. The molecule has 0 saturated heterocycles. The van der Waals surface area contributed by atoms with Gasteiger partial charge in [-0.3, -0.25) is 0 Å². The number of nitrogens with zero attached hydrogens (tertiary/aromatic N) is 2. The average molecular weight is 732 g/mol. The number of hydrogen-bond donors (Lipinski definition) is 1. The Morgan fingerprint density at radius 1 is 0.456 bits per heavy atom. The van der Waals surface area contributed by atoms with E-state index in [0.29, 0.717) is 0 Å². The van der Waals surface area contributed by atoms with Crippen LogP contribution in [0.15, 0.2) is 202 Å². The molecule has 9 aromatic rings. The van der Waals surface area contributed by atoms with E-state index in [0.717, 1.165) is 89.6 Å². The first-order chi connectivity index (χ1) is 28.3. The van der Waals surface area contributed by atoms with Gasteiger partial charge in [0.05, 0.1) is 5.41 Å². The summed E-state index contributed by atoms with van der Waals surface area (Å²) in [7, 11) is 0. The highest BCUT2D eigenvalue weighted by Crippen LogP contribution is 2.63. The van der Waals surface area contributed by atoms with Crippen LogP contribution in [0.1, 0.15) is 45.1 Å². The van der Waals surface area contributed by atoms with Gasteiger partial charge in [-0.2, -0.15) is 0 Å². The highest BCUT2D eigenvalue weighted by Gasteiger charge is 2.52. The van der Waals surface area contributed by atoms with Gasteiger partial charge in [-0.05, 0) is 46.0 Å². The molecule has 1 atom stereocenters. The van der Waals surface area contributed by atoms with Crippen molar-refractivity contribution < 1.29 is 9.15 Å². The molecular weight excluding hydrogens is 699 g/mol. The van der Waals surface area contributed by atoms with Crippen LogP contribution >= 0.6 is 0 Å². The number of amidine groups is 2. The third kappa shape index (κ3) is 4.63. The van der Waals surface area contributed by atoms with Crippen LogP contribution in [0.5, 0.6) is 11.5 Å². The lowest BCUT2D eigenvalue weighted by atomic mass is 9.66. The molecule has 268 valence electrons. The molecule has 1 aliphatic carbocycles. The number of ether oxygens (including phenoxy) is 1. The second kappa shape index (κ2) is 12.3. The van der Waals surface area contributed by atoms with Crippen LogP contribution in [0.3, 0.4) is 0 Å². The van der Waals surface area contributed by atoms with E-state index >= 15 is 0 Å². The van der Waals surface area contributed by atoms with Crippen LogP contribution in [0.2, 0.25) is 0 Å². The third-order valence-electron chi connectivity index (χ3n) is 11.8. The van der Waals surface area contributed by atoms with E-state index in [1.807, 2.05) is 36.4 Å². The molecule has 1 N–H and O–H groups in total. The average Bonchev–Trinajstić information content (AvgIpc) is 3.81. The van der Waals surface area contributed by atoms with Gasteiger partial charge in [0.25, 0.3) is 0 Å². The molecule has 3 heterocycles. The zero-order valence-corrected chi connectivity index (χ0v) is 30.7. The Kier molecular flexibility index (Phi) is 6.84. The second-order valence-electron chi connectivity index (χ2n) is 14.8. The molecule has 3 aliphatic rings.